The van der Waals surface area contributed by atoms with E-state index < -0.39 is 0 Å². The molecule has 1 amide bonds. The van der Waals surface area contributed by atoms with E-state index in [9.17, 15) is 9.18 Å². The number of carbonyl (C=O) groups excluding carboxylic acids is 1. The summed E-state index contributed by atoms with van der Waals surface area (Å²) in [7, 11) is 2.11. The third kappa shape index (κ3) is 4.96. The molecule has 3 aromatic rings. The van der Waals surface area contributed by atoms with Crippen molar-refractivity contribution in [2.75, 3.05) is 43.4 Å². The van der Waals surface area contributed by atoms with Crippen molar-refractivity contribution in [1.29, 1.82) is 0 Å². The Morgan fingerprint density at radius 2 is 1.87 bits per heavy atom. The number of amides is 1. The van der Waals surface area contributed by atoms with E-state index in [1.54, 1.807) is 18.3 Å². The quantitative estimate of drug-likeness (QED) is 0.672. The van der Waals surface area contributed by atoms with E-state index in [-0.39, 0.29) is 24.1 Å². The SMILES string of the molecule is CN1CCN(c2ccc(NC(=O)c3ccc(COc4ccc(F)cc4)o3)cn2)CC1. The Morgan fingerprint density at radius 1 is 1.10 bits per heavy atom. The Hall–Kier alpha value is -3.39. The first-order chi connectivity index (χ1) is 14.6. The normalized spacial score (nSPS) is 14.5. The van der Waals surface area contributed by atoms with Crippen molar-refractivity contribution in [3.63, 3.8) is 0 Å². The van der Waals surface area contributed by atoms with Crippen LogP contribution >= 0.6 is 0 Å². The lowest BCUT2D eigenvalue weighted by Crippen LogP contribution is -2.44. The van der Waals surface area contributed by atoms with Crippen LogP contribution in [-0.2, 0) is 6.61 Å². The minimum absolute atomic E-state index is 0.139. The number of nitrogens with one attached hydrogen (secondary N) is 1. The molecular weight excluding hydrogens is 387 g/mol. The summed E-state index contributed by atoms with van der Waals surface area (Å²) in [6.45, 7) is 4.02. The van der Waals surface area contributed by atoms with E-state index in [4.69, 9.17) is 9.15 Å². The third-order valence-corrected chi connectivity index (χ3v) is 4.91. The Morgan fingerprint density at radius 3 is 2.57 bits per heavy atom. The van der Waals surface area contributed by atoms with E-state index in [0.717, 1.165) is 32.0 Å². The van der Waals surface area contributed by atoms with Gasteiger partial charge in [-0.05, 0) is 55.6 Å². The van der Waals surface area contributed by atoms with Crippen LogP contribution in [0.15, 0.2) is 59.1 Å². The molecular formula is C22H23FN4O3. The lowest BCUT2D eigenvalue weighted by molar-refractivity contribution is 0.0992. The summed E-state index contributed by atoms with van der Waals surface area (Å²) >= 11 is 0. The van der Waals surface area contributed by atoms with Gasteiger partial charge in [0.2, 0.25) is 0 Å². The highest BCUT2D eigenvalue weighted by atomic mass is 19.1. The van der Waals surface area contributed by atoms with Crippen molar-refractivity contribution in [2.45, 2.75) is 6.61 Å². The maximum atomic E-state index is 12.9. The van der Waals surface area contributed by atoms with Gasteiger partial charge in [-0.15, -0.1) is 0 Å². The average molecular weight is 410 g/mol. The number of nitrogens with zero attached hydrogens (tertiary/aromatic N) is 3. The highest BCUT2D eigenvalue weighted by molar-refractivity contribution is 6.02. The van der Waals surface area contributed by atoms with Gasteiger partial charge in [-0.25, -0.2) is 9.37 Å². The van der Waals surface area contributed by atoms with Gasteiger partial charge in [0.25, 0.3) is 5.91 Å². The number of hydrogen-bond acceptors (Lipinski definition) is 6. The van der Waals surface area contributed by atoms with Gasteiger partial charge >= 0.3 is 0 Å². The maximum Gasteiger partial charge on any atom is 0.291 e. The highest BCUT2D eigenvalue weighted by Crippen LogP contribution is 2.18. The lowest BCUT2D eigenvalue weighted by Gasteiger charge is -2.33. The van der Waals surface area contributed by atoms with Crippen LogP contribution in [0.4, 0.5) is 15.9 Å². The number of piperazine rings is 1. The fourth-order valence-electron chi connectivity index (χ4n) is 3.14. The van der Waals surface area contributed by atoms with Crippen LogP contribution in [0.2, 0.25) is 0 Å². The van der Waals surface area contributed by atoms with Crippen LogP contribution in [0.25, 0.3) is 0 Å². The van der Waals surface area contributed by atoms with Crippen LogP contribution in [0.1, 0.15) is 16.3 Å². The molecule has 1 N–H and O–H groups in total. The molecule has 1 aliphatic heterocycles. The minimum atomic E-state index is -0.364. The zero-order valence-corrected chi connectivity index (χ0v) is 16.7. The molecule has 0 radical (unpaired) electrons. The number of ether oxygens (including phenoxy) is 1. The summed E-state index contributed by atoms with van der Waals surface area (Å²) in [6.07, 6.45) is 1.65. The number of furan rings is 1. The Kier molecular flexibility index (Phi) is 5.94. The van der Waals surface area contributed by atoms with Gasteiger partial charge < -0.3 is 24.3 Å². The first-order valence-electron chi connectivity index (χ1n) is 9.75. The molecule has 4 rings (SSSR count). The van der Waals surface area contributed by atoms with Crippen molar-refractivity contribution in [3.05, 3.63) is 72.1 Å². The predicted molar refractivity (Wildman–Crippen MR) is 111 cm³/mol. The van der Waals surface area contributed by atoms with Crippen LogP contribution < -0.4 is 15.0 Å². The molecule has 1 aromatic carbocycles. The predicted octanol–water partition coefficient (Wildman–Crippen LogP) is 3.40. The summed E-state index contributed by atoms with van der Waals surface area (Å²) in [6, 6.07) is 12.7. The van der Waals surface area contributed by atoms with Crippen molar-refractivity contribution >= 4 is 17.4 Å². The standard InChI is InChI=1S/C22H23FN4O3/c1-26-10-12-27(13-11-26)21-9-4-17(14-24-21)25-22(28)20-8-7-19(30-20)15-29-18-5-2-16(23)3-6-18/h2-9,14H,10-13,15H2,1H3,(H,25,28). The Bertz CT molecular complexity index is 980. The van der Waals surface area contributed by atoms with Gasteiger partial charge in [-0.2, -0.15) is 0 Å². The summed E-state index contributed by atoms with van der Waals surface area (Å²) in [5, 5.41) is 2.78. The van der Waals surface area contributed by atoms with E-state index >= 15 is 0 Å². The third-order valence-electron chi connectivity index (χ3n) is 4.91. The summed E-state index contributed by atoms with van der Waals surface area (Å²) in [4.78, 5) is 21.4. The van der Waals surface area contributed by atoms with Gasteiger partial charge in [-0.3, -0.25) is 4.79 Å². The van der Waals surface area contributed by atoms with Gasteiger partial charge in [0.1, 0.15) is 29.8 Å². The lowest BCUT2D eigenvalue weighted by atomic mass is 10.3. The molecule has 0 atom stereocenters. The topological polar surface area (TPSA) is 70.8 Å². The van der Waals surface area contributed by atoms with E-state index in [1.807, 2.05) is 12.1 Å². The largest absolute Gasteiger partial charge is 0.486 e. The fraction of sp³-hybridized carbons (Fsp3) is 0.273. The minimum Gasteiger partial charge on any atom is -0.486 e. The number of benzene rings is 1. The molecule has 3 heterocycles. The number of rotatable bonds is 6. The van der Waals surface area contributed by atoms with Crippen LogP contribution in [-0.4, -0.2) is 49.0 Å². The number of likely N-dealkylation sites (N-methyl/N-ethyl adjacent to an activating group) is 1. The number of halogens is 1. The second-order valence-corrected chi connectivity index (χ2v) is 7.16. The molecule has 0 spiro atoms. The van der Waals surface area contributed by atoms with E-state index in [2.05, 4.69) is 27.1 Å². The van der Waals surface area contributed by atoms with Gasteiger partial charge in [0, 0.05) is 26.2 Å². The molecule has 2 aromatic heterocycles. The van der Waals surface area contributed by atoms with Gasteiger partial charge in [0.15, 0.2) is 5.76 Å². The molecule has 30 heavy (non-hydrogen) atoms. The molecule has 0 aliphatic carbocycles. The van der Waals surface area contributed by atoms with Gasteiger partial charge in [0.05, 0.1) is 11.9 Å². The molecule has 1 saturated heterocycles. The zero-order chi connectivity index (χ0) is 20.9. The van der Waals surface area contributed by atoms with Crippen molar-refractivity contribution in [1.82, 2.24) is 9.88 Å². The molecule has 1 fully saturated rings. The summed E-state index contributed by atoms with van der Waals surface area (Å²) in [5.41, 5.74) is 0.596. The van der Waals surface area contributed by atoms with Crippen molar-refractivity contribution in [2.24, 2.45) is 0 Å². The molecule has 7 nitrogen and oxygen atoms in total. The van der Waals surface area contributed by atoms with E-state index in [0.29, 0.717) is 17.2 Å². The Labute approximate surface area is 174 Å². The van der Waals surface area contributed by atoms with Crippen LogP contribution in [0.5, 0.6) is 5.75 Å². The fourth-order valence-corrected chi connectivity index (χ4v) is 3.14. The first kappa shape index (κ1) is 19.9. The molecule has 156 valence electrons. The first-order valence-corrected chi connectivity index (χ1v) is 9.75. The molecule has 1 aliphatic rings. The zero-order valence-electron chi connectivity index (χ0n) is 16.7. The molecule has 8 heteroatoms. The van der Waals surface area contributed by atoms with Crippen molar-refractivity contribution in [3.8, 4) is 5.75 Å². The second kappa shape index (κ2) is 8.96. The number of hydrogen-bond donors (Lipinski definition) is 1. The van der Waals surface area contributed by atoms with Crippen LogP contribution in [0.3, 0.4) is 0 Å². The molecule has 0 saturated carbocycles. The van der Waals surface area contributed by atoms with Gasteiger partial charge in [-0.1, -0.05) is 0 Å². The number of pyridine rings is 1. The summed E-state index contributed by atoms with van der Waals surface area (Å²) in [5.74, 6) is 1.40. The average Bonchev–Trinajstić information content (AvgIpc) is 3.24. The number of anilines is 2. The Balaban J connectivity index is 1.31. The molecule has 0 bridgehead atoms. The number of aromatic nitrogens is 1. The highest BCUT2D eigenvalue weighted by Gasteiger charge is 2.16. The number of carbonyl (C=O) groups is 1. The smallest absolute Gasteiger partial charge is 0.291 e. The maximum absolute atomic E-state index is 12.9. The molecule has 0 unspecified atom stereocenters. The summed E-state index contributed by atoms with van der Waals surface area (Å²) < 4.78 is 24.0. The van der Waals surface area contributed by atoms with Crippen LogP contribution in [0, 0.1) is 5.82 Å². The monoisotopic (exact) mass is 410 g/mol. The second-order valence-electron chi connectivity index (χ2n) is 7.16. The van der Waals surface area contributed by atoms with E-state index in [1.165, 1.54) is 24.3 Å². The van der Waals surface area contributed by atoms with Crippen molar-refractivity contribution < 1.29 is 18.3 Å².